The quantitative estimate of drug-likeness (QED) is 0.525. The molecule has 0 spiro atoms. The van der Waals surface area contributed by atoms with E-state index in [1.54, 1.807) is 18.2 Å². The lowest BCUT2D eigenvalue weighted by molar-refractivity contribution is -0.121. The third-order valence-corrected chi connectivity index (χ3v) is 7.99. The number of ether oxygens (including phenoxy) is 2. The molecule has 1 aromatic heterocycles. The smallest absolute Gasteiger partial charge is 0.242 e. The maximum absolute atomic E-state index is 12.6. The monoisotopic (exact) mass is 486 g/mol. The van der Waals surface area contributed by atoms with Gasteiger partial charge < -0.3 is 19.4 Å². The van der Waals surface area contributed by atoms with Crippen LogP contribution in [0.15, 0.2) is 41.3 Å². The van der Waals surface area contributed by atoms with Gasteiger partial charge in [0, 0.05) is 45.9 Å². The van der Waals surface area contributed by atoms with Crippen molar-refractivity contribution in [1.29, 1.82) is 0 Å². The van der Waals surface area contributed by atoms with Crippen LogP contribution in [0.25, 0.3) is 11.0 Å². The minimum atomic E-state index is -3.54. The van der Waals surface area contributed by atoms with Gasteiger partial charge in [-0.15, -0.1) is 0 Å². The molecule has 1 aliphatic heterocycles. The molecule has 0 unspecified atom stereocenters. The third-order valence-electron chi connectivity index (χ3n) is 6.18. The highest BCUT2D eigenvalue weighted by Gasteiger charge is 2.25. The molecule has 34 heavy (non-hydrogen) atoms. The number of hydrogen-bond acceptors (Lipinski definition) is 6. The van der Waals surface area contributed by atoms with E-state index in [0.717, 1.165) is 28.4 Å². The van der Waals surface area contributed by atoms with Crippen molar-refractivity contribution in [1.82, 2.24) is 19.2 Å². The average molecular weight is 487 g/mol. The molecule has 4 rings (SSSR count). The topological polar surface area (TPSA) is 103 Å². The van der Waals surface area contributed by atoms with Gasteiger partial charge in [0.1, 0.15) is 5.82 Å². The minimum Gasteiger partial charge on any atom is -0.454 e. The number of fused-ring (bicyclic) bond motifs is 2. The lowest BCUT2D eigenvalue weighted by Crippen LogP contribution is -2.36. The van der Waals surface area contributed by atoms with Crippen molar-refractivity contribution in [2.75, 3.05) is 27.4 Å². The van der Waals surface area contributed by atoms with Crippen LogP contribution in [0.2, 0.25) is 0 Å². The highest BCUT2D eigenvalue weighted by atomic mass is 32.2. The molecular weight excluding hydrogens is 456 g/mol. The number of benzene rings is 2. The van der Waals surface area contributed by atoms with Gasteiger partial charge in [-0.25, -0.2) is 17.7 Å². The second-order valence-electron chi connectivity index (χ2n) is 9.25. The van der Waals surface area contributed by atoms with E-state index in [-0.39, 0.29) is 29.4 Å². The van der Waals surface area contributed by atoms with Crippen LogP contribution < -0.4 is 14.8 Å². The summed E-state index contributed by atoms with van der Waals surface area (Å²) in [6.45, 7) is 4.83. The first-order valence-corrected chi connectivity index (χ1v) is 12.5. The first-order valence-electron chi connectivity index (χ1n) is 11.0. The highest BCUT2D eigenvalue weighted by Crippen LogP contribution is 2.36. The number of aromatic nitrogens is 2. The van der Waals surface area contributed by atoms with Crippen LogP contribution in [0.1, 0.15) is 31.7 Å². The number of rotatable bonds is 8. The molecular formula is C24H30N4O5S. The Morgan fingerprint density at radius 3 is 2.62 bits per heavy atom. The largest absolute Gasteiger partial charge is 0.454 e. The van der Waals surface area contributed by atoms with Crippen LogP contribution in [0.3, 0.4) is 0 Å². The minimum absolute atomic E-state index is 0.0725. The molecule has 9 nitrogen and oxygen atoms in total. The van der Waals surface area contributed by atoms with Crippen LogP contribution >= 0.6 is 0 Å². The van der Waals surface area contributed by atoms with E-state index in [0.29, 0.717) is 18.5 Å². The number of nitrogens with zero attached hydrogens (tertiary/aromatic N) is 3. The van der Waals surface area contributed by atoms with Gasteiger partial charge in [0.25, 0.3) is 0 Å². The fraction of sp³-hybridized carbons (Fsp3) is 0.417. The Hall–Kier alpha value is -3.11. The van der Waals surface area contributed by atoms with Crippen molar-refractivity contribution in [3.63, 3.8) is 0 Å². The zero-order valence-corrected chi connectivity index (χ0v) is 20.9. The molecule has 10 heteroatoms. The molecule has 0 fully saturated rings. The van der Waals surface area contributed by atoms with Gasteiger partial charge >= 0.3 is 0 Å². The second-order valence-corrected chi connectivity index (χ2v) is 11.4. The lowest BCUT2D eigenvalue weighted by atomic mass is 9.84. The normalized spacial score (nSPS) is 13.6. The number of nitrogens with one attached hydrogen (secondary N) is 1. The fourth-order valence-electron chi connectivity index (χ4n) is 3.88. The maximum atomic E-state index is 12.6. The van der Waals surface area contributed by atoms with E-state index < -0.39 is 10.0 Å². The molecule has 0 radical (unpaired) electrons. The molecule has 0 aliphatic carbocycles. The van der Waals surface area contributed by atoms with E-state index in [1.807, 2.05) is 29.8 Å². The molecule has 2 heterocycles. The number of carbonyl (C=O) groups is 1. The molecule has 1 amide bonds. The third kappa shape index (κ3) is 4.60. The van der Waals surface area contributed by atoms with E-state index in [9.17, 15) is 13.2 Å². The number of carbonyl (C=O) groups excluding carboxylic acids is 1. The molecule has 0 atom stereocenters. The van der Waals surface area contributed by atoms with Gasteiger partial charge in [0.05, 0.1) is 15.9 Å². The van der Waals surface area contributed by atoms with Crippen molar-refractivity contribution >= 4 is 27.0 Å². The second kappa shape index (κ2) is 8.92. The van der Waals surface area contributed by atoms with Crippen molar-refractivity contribution in [3.05, 3.63) is 47.8 Å². The molecule has 0 saturated heterocycles. The predicted octanol–water partition coefficient (Wildman–Crippen LogP) is 2.58. The molecule has 1 aliphatic rings. The summed E-state index contributed by atoms with van der Waals surface area (Å²) in [4.78, 5) is 17.4. The molecule has 3 aromatic rings. The van der Waals surface area contributed by atoms with E-state index in [4.69, 9.17) is 9.47 Å². The number of amides is 1. The Kier molecular flexibility index (Phi) is 6.30. The van der Waals surface area contributed by atoms with Gasteiger partial charge in [0.15, 0.2) is 11.5 Å². The SMILES string of the molecule is CN(C)S(=O)(=O)c1ccc2c(c1)nc(CCC(=O)NCC(C)(C)c1ccc3c(c1)OCO3)n2C. The summed E-state index contributed by atoms with van der Waals surface area (Å²) in [7, 11) is 1.32. The van der Waals surface area contributed by atoms with Gasteiger partial charge in [0.2, 0.25) is 22.7 Å². The Morgan fingerprint density at radius 2 is 1.88 bits per heavy atom. The van der Waals surface area contributed by atoms with Crippen molar-refractivity contribution < 1.29 is 22.7 Å². The Bertz CT molecular complexity index is 1340. The Balaban J connectivity index is 1.39. The summed E-state index contributed by atoms with van der Waals surface area (Å²) in [5.74, 6) is 2.11. The van der Waals surface area contributed by atoms with E-state index in [2.05, 4.69) is 24.1 Å². The number of sulfonamides is 1. The summed E-state index contributed by atoms with van der Waals surface area (Å²) < 4.78 is 38.7. The zero-order chi connectivity index (χ0) is 24.7. The predicted molar refractivity (Wildman–Crippen MR) is 129 cm³/mol. The summed E-state index contributed by atoms with van der Waals surface area (Å²) in [5.41, 5.74) is 2.17. The molecule has 0 saturated carbocycles. The molecule has 2 aromatic carbocycles. The van der Waals surface area contributed by atoms with Crippen molar-refractivity contribution in [2.45, 2.75) is 37.0 Å². The van der Waals surface area contributed by atoms with Gasteiger partial charge in [-0.05, 0) is 35.9 Å². The van der Waals surface area contributed by atoms with Gasteiger partial charge in [-0.1, -0.05) is 19.9 Å². The van der Waals surface area contributed by atoms with Gasteiger partial charge in [-0.2, -0.15) is 0 Å². The first-order chi connectivity index (χ1) is 16.0. The molecule has 1 N–H and O–H groups in total. The zero-order valence-electron chi connectivity index (χ0n) is 20.1. The number of imidazole rings is 1. The lowest BCUT2D eigenvalue weighted by Gasteiger charge is -2.26. The van der Waals surface area contributed by atoms with Crippen LogP contribution in [0.5, 0.6) is 11.5 Å². The summed E-state index contributed by atoms with van der Waals surface area (Å²) in [6, 6.07) is 10.7. The van der Waals surface area contributed by atoms with Crippen LogP contribution in [0.4, 0.5) is 0 Å². The van der Waals surface area contributed by atoms with Crippen LogP contribution in [-0.2, 0) is 33.7 Å². The number of aryl methyl sites for hydroxylation is 2. The maximum Gasteiger partial charge on any atom is 0.242 e. The standard InChI is InChI=1S/C24H30N4O5S/c1-24(2,16-6-9-20-21(12-16)33-15-32-20)14-25-23(29)11-10-22-26-18-13-17(34(30,31)27(3)4)7-8-19(18)28(22)5/h6-9,12-13H,10-11,14-15H2,1-5H3,(H,25,29). The van der Waals surface area contributed by atoms with E-state index >= 15 is 0 Å². The molecule has 0 bridgehead atoms. The van der Waals surface area contributed by atoms with Crippen LogP contribution in [0, 0.1) is 0 Å². The van der Waals surface area contributed by atoms with Crippen molar-refractivity contribution in [3.8, 4) is 11.5 Å². The first kappa shape index (κ1) is 24.0. The van der Waals surface area contributed by atoms with Crippen molar-refractivity contribution in [2.24, 2.45) is 7.05 Å². The van der Waals surface area contributed by atoms with E-state index in [1.165, 1.54) is 18.4 Å². The summed E-state index contributed by atoms with van der Waals surface area (Å²) in [5, 5.41) is 3.02. The Labute approximate surface area is 199 Å². The fourth-order valence-corrected chi connectivity index (χ4v) is 4.80. The van der Waals surface area contributed by atoms with Gasteiger partial charge in [-0.3, -0.25) is 4.79 Å². The summed E-state index contributed by atoms with van der Waals surface area (Å²) in [6.07, 6.45) is 0.717. The number of hydrogen-bond donors (Lipinski definition) is 1. The molecule has 182 valence electrons. The summed E-state index contributed by atoms with van der Waals surface area (Å²) >= 11 is 0. The highest BCUT2D eigenvalue weighted by molar-refractivity contribution is 7.89. The van der Waals surface area contributed by atoms with Crippen LogP contribution in [-0.4, -0.2) is 55.6 Å². The average Bonchev–Trinajstić information content (AvgIpc) is 3.39. The Morgan fingerprint density at radius 1 is 1.15 bits per heavy atom.